The molecule has 8 atom stereocenters. The summed E-state index contributed by atoms with van der Waals surface area (Å²) in [6, 6.07) is 0.146. The Morgan fingerprint density at radius 2 is 1.75 bits per heavy atom. The van der Waals surface area contributed by atoms with Gasteiger partial charge in [-0.05, 0) is 50.9 Å². The predicted molar refractivity (Wildman–Crippen MR) is 85.3 cm³/mol. The molecule has 0 aromatic rings. The molecule has 0 N–H and O–H groups in total. The topological polar surface area (TPSA) is 79.0 Å². The number of azo groups is 1. The molecule has 7 nitrogen and oxygen atoms in total. The number of hydrogen-bond donors (Lipinski definition) is 0. The molecule has 130 valence electrons. The lowest BCUT2D eigenvalue weighted by Gasteiger charge is -2.42. The van der Waals surface area contributed by atoms with Crippen LogP contribution >= 0.6 is 0 Å². The number of fused-ring (bicyclic) bond motifs is 12. The van der Waals surface area contributed by atoms with Crippen LogP contribution < -0.4 is 0 Å². The van der Waals surface area contributed by atoms with Crippen molar-refractivity contribution in [2.75, 3.05) is 6.61 Å². The van der Waals surface area contributed by atoms with E-state index in [-0.39, 0.29) is 34.7 Å². The average molecular weight is 331 g/mol. The van der Waals surface area contributed by atoms with Crippen LogP contribution in [0.5, 0.6) is 0 Å². The van der Waals surface area contributed by atoms with Crippen molar-refractivity contribution in [3.8, 4) is 0 Å². The molecule has 0 radical (unpaired) electrons. The molecule has 1 amide bonds. The van der Waals surface area contributed by atoms with Crippen molar-refractivity contribution in [1.82, 2.24) is 5.01 Å². The van der Waals surface area contributed by atoms with Gasteiger partial charge in [-0.15, -0.1) is 0 Å². The molecule has 5 aliphatic rings. The van der Waals surface area contributed by atoms with Gasteiger partial charge in [-0.1, -0.05) is 19.1 Å². The van der Waals surface area contributed by atoms with Gasteiger partial charge in [0.2, 0.25) is 0 Å². The molecule has 0 unspecified atom stereocenters. The Morgan fingerprint density at radius 1 is 1.12 bits per heavy atom. The first-order valence-electron chi connectivity index (χ1n) is 9.09. The number of carbonyl (C=O) groups is 1. The molecule has 24 heavy (non-hydrogen) atoms. The highest BCUT2D eigenvalue weighted by Crippen LogP contribution is 2.76. The zero-order chi connectivity index (χ0) is 17.1. The summed E-state index contributed by atoms with van der Waals surface area (Å²) < 4.78 is 5.19. The number of hydrogen-bond acceptors (Lipinski definition) is 6. The smallest absolute Gasteiger partial charge is 0.432 e. The van der Waals surface area contributed by atoms with E-state index in [9.17, 15) is 4.79 Å². The van der Waals surface area contributed by atoms with E-state index in [1.807, 2.05) is 6.92 Å². The standard InChI is InChI=1S/C17H25N5O2/c1-6-24-14(23)22-13-9-7-8(12(13)18-21-22)10-11(9)17(5)15(2,3)16(10,4)19-20-17/h8-13H,6-7H2,1-5H3/t8-,9+,10+,11-,12-,13+,16+,17-/m0/s1. The van der Waals surface area contributed by atoms with Crippen molar-refractivity contribution in [3.63, 3.8) is 0 Å². The summed E-state index contributed by atoms with van der Waals surface area (Å²) in [6.07, 6.45) is 0.740. The lowest BCUT2D eigenvalue weighted by molar-refractivity contribution is 0.0480. The first-order chi connectivity index (χ1) is 11.3. The zero-order valence-electron chi connectivity index (χ0n) is 14.9. The second kappa shape index (κ2) is 3.99. The number of ether oxygens (including phenoxy) is 1. The highest BCUT2D eigenvalue weighted by molar-refractivity contribution is 5.68. The van der Waals surface area contributed by atoms with Gasteiger partial charge in [0.05, 0.1) is 29.8 Å². The van der Waals surface area contributed by atoms with Gasteiger partial charge in [-0.2, -0.15) is 20.4 Å². The normalized spacial score (nSPS) is 54.5. The Balaban J connectivity index is 1.56. The lowest BCUT2D eigenvalue weighted by Crippen LogP contribution is -2.52. The summed E-state index contributed by atoms with van der Waals surface area (Å²) in [6.45, 7) is 11.3. The lowest BCUT2D eigenvalue weighted by atomic mass is 9.66. The van der Waals surface area contributed by atoms with Gasteiger partial charge < -0.3 is 4.74 Å². The monoisotopic (exact) mass is 331 g/mol. The number of carbonyl (C=O) groups excluding carboxylic acids is 1. The fourth-order valence-corrected chi connectivity index (χ4v) is 6.82. The fourth-order valence-electron chi connectivity index (χ4n) is 6.82. The van der Waals surface area contributed by atoms with Gasteiger partial charge in [-0.3, -0.25) is 0 Å². The molecule has 0 aromatic carbocycles. The molecular weight excluding hydrogens is 306 g/mol. The molecule has 0 saturated heterocycles. The van der Waals surface area contributed by atoms with Crippen LogP contribution in [0, 0.1) is 29.1 Å². The summed E-state index contributed by atoms with van der Waals surface area (Å²) in [7, 11) is 0. The van der Waals surface area contributed by atoms with E-state index in [4.69, 9.17) is 15.0 Å². The third kappa shape index (κ3) is 1.23. The van der Waals surface area contributed by atoms with Crippen LogP contribution in [-0.4, -0.2) is 40.9 Å². The van der Waals surface area contributed by atoms with Crippen molar-refractivity contribution >= 4 is 6.09 Å². The molecule has 2 aliphatic heterocycles. The fraction of sp³-hybridized carbons (Fsp3) is 0.941. The number of nitrogens with zero attached hydrogens (tertiary/aromatic N) is 5. The van der Waals surface area contributed by atoms with Crippen LogP contribution in [0.15, 0.2) is 20.6 Å². The summed E-state index contributed by atoms with van der Waals surface area (Å²) in [4.78, 5) is 12.3. The SMILES string of the molecule is CCOC(=O)N1N=N[C@H]2[C@H]3C[C@@H]([C@H]21)[C@H]1[C@@H]3[C@@]2(C)N=N[C@]1(C)C2(C)C. The molecule has 0 spiro atoms. The molecule has 2 heterocycles. The molecule has 3 fully saturated rings. The number of rotatable bonds is 1. The van der Waals surface area contributed by atoms with E-state index in [0.29, 0.717) is 30.3 Å². The molecule has 7 heteroatoms. The van der Waals surface area contributed by atoms with Crippen molar-refractivity contribution < 1.29 is 9.53 Å². The van der Waals surface area contributed by atoms with E-state index < -0.39 is 0 Å². The Kier molecular flexibility index (Phi) is 2.46. The molecule has 5 rings (SSSR count). The Morgan fingerprint density at radius 3 is 2.38 bits per heavy atom. The first kappa shape index (κ1) is 14.8. The van der Waals surface area contributed by atoms with Gasteiger partial charge in [0.25, 0.3) is 0 Å². The van der Waals surface area contributed by atoms with Crippen LogP contribution in [0.2, 0.25) is 0 Å². The molecular formula is C17H25N5O2. The molecule has 4 bridgehead atoms. The van der Waals surface area contributed by atoms with E-state index in [1.54, 1.807) is 0 Å². The predicted octanol–water partition coefficient (Wildman–Crippen LogP) is 3.47. The summed E-state index contributed by atoms with van der Waals surface area (Å²) in [5, 5.41) is 19.7. The minimum Gasteiger partial charge on any atom is -0.448 e. The van der Waals surface area contributed by atoms with Gasteiger partial charge in [0, 0.05) is 5.41 Å². The molecule has 3 saturated carbocycles. The van der Waals surface area contributed by atoms with Gasteiger partial charge in [0.15, 0.2) is 0 Å². The maximum absolute atomic E-state index is 12.3. The van der Waals surface area contributed by atoms with Crippen molar-refractivity contribution in [2.45, 2.75) is 64.2 Å². The van der Waals surface area contributed by atoms with Crippen molar-refractivity contribution in [2.24, 2.45) is 49.7 Å². The molecule has 3 aliphatic carbocycles. The third-order valence-corrected chi connectivity index (χ3v) is 8.39. The number of amides is 1. The second-order valence-corrected chi connectivity index (χ2v) is 8.96. The highest BCUT2D eigenvalue weighted by atomic mass is 16.6. The van der Waals surface area contributed by atoms with Crippen LogP contribution in [0.4, 0.5) is 4.79 Å². The zero-order valence-corrected chi connectivity index (χ0v) is 14.9. The minimum absolute atomic E-state index is 0.0246. The van der Waals surface area contributed by atoms with Crippen molar-refractivity contribution in [1.29, 1.82) is 0 Å². The van der Waals surface area contributed by atoms with Crippen LogP contribution in [0.3, 0.4) is 0 Å². The van der Waals surface area contributed by atoms with Crippen LogP contribution in [0.1, 0.15) is 41.0 Å². The van der Waals surface area contributed by atoms with Gasteiger partial charge >= 0.3 is 6.09 Å². The van der Waals surface area contributed by atoms with E-state index >= 15 is 0 Å². The Hall–Kier alpha value is -1.53. The average Bonchev–Trinajstić information content (AvgIpc) is 3.25. The van der Waals surface area contributed by atoms with Gasteiger partial charge in [-0.25, -0.2) is 4.79 Å². The van der Waals surface area contributed by atoms with Crippen molar-refractivity contribution in [3.05, 3.63) is 0 Å². The molecule has 0 aromatic heterocycles. The maximum atomic E-state index is 12.3. The summed E-state index contributed by atoms with van der Waals surface area (Å²) in [5.41, 5.74) is -0.278. The van der Waals surface area contributed by atoms with Crippen LogP contribution in [-0.2, 0) is 4.74 Å². The second-order valence-electron chi connectivity index (χ2n) is 8.96. The first-order valence-corrected chi connectivity index (χ1v) is 9.09. The van der Waals surface area contributed by atoms with E-state index in [1.165, 1.54) is 5.01 Å². The maximum Gasteiger partial charge on any atom is 0.432 e. The summed E-state index contributed by atoms with van der Waals surface area (Å²) in [5.74, 6) is 1.76. The Bertz CT molecular complexity index is 690. The highest BCUT2D eigenvalue weighted by Gasteiger charge is 2.82. The van der Waals surface area contributed by atoms with E-state index in [2.05, 4.69) is 38.0 Å². The van der Waals surface area contributed by atoms with E-state index in [0.717, 1.165) is 6.42 Å². The minimum atomic E-state index is -0.363. The third-order valence-electron chi connectivity index (χ3n) is 8.39. The quantitative estimate of drug-likeness (QED) is 0.690. The summed E-state index contributed by atoms with van der Waals surface area (Å²) >= 11 is 0. The van der Waals surface area contributed by atoms with Gasteiger partial charge in [0.1, 0.15) is 0 Å². The Labute approximate surface area is 141 Å². The van der Waals surface area contributed by atoms with Crippen LogP contribution in [0.25, 0.3) is 0 Å². The largest absolute Gasteiger partial charge is 0.448 e.